The van der Waals surface area contributed by atoms with Crippen LogP contribution in [0.4, 0.5) is 0 Å². The molecule has 2 rings (SSSR count). The van der Waals surface area contributed by atoms with Crippen LogP contribution in [0.15, 0.2) is 12.1 Å². The molecule has 0 fully saturated rings. The molecule has 0 spiro atoms. The molecule has 0 atom stereocenters. The molecule has 5 heteroatoms. The SMILES string of the molecule is O=C(O)c1cc2sc(I)cc2s1. The minimum Gasteiger partial charge on any atom is -0.477 e. The van der Waals surface area contributed by atoms with Crippen molar-refractivity contribution in [2.24, 2.45) is 0 Å². The Kier molecular flexibility index (Phi) is 2.09. The predicted octanol–water partition coefficient (Wildman–Crippen LogP) is 3.27. The first-order valence-corrected chi connectivity index (χ1v) is 5.80. The van der Waals surface area contributed by atoms with Crippen molar-refractivity contribution >= 4 is 60.6 Å². The lowest BCUT2D eigenvalue weighted by Gasteiger charge is -1.80. The normalized spacial score (nSPS) is 10.8. The lowest BCUT2D eigenvalue weighted by Crippen LogP contribution is -1.89. The van der Waals surface area contributed by atoms with Gasteiger partial charge in [0.05, 0.1) is 2.88 Å². The van der Waals surface area contributed by atoms with Crippen LogP contribution >= 0.6 is 45.3 Å². The fraction of sp³-hybridized carbons (Fsp3) is 0. The van der Waals surface area contributed by atoms with E-state index in [-0.39, 0.29) is 0 Å². The van der Waals surface area contributed by atoms with E-state index < -0.39 is 5.97 Å². The van der Waals surface area contributed by atoms with Crippen LogP contribution in [0.1, 0.15) is 9.67 Å². The zero-order chi connectivity index (χ0) is 8.72. The lowest BCUT2D eigenvalue weighted by molar-refractivity contribution is 0.0702. The molecule has 12 heavy (non-hydrogen) atoms. The Bertz CT molecular complexity index is 412. The standard InChI is InChI=1S/C7H3IO2S2/c8-6-2-4-3(12-6)1-5(11-4)7(9)10/h1-2H,(H,9,10). The van der Waals surface area contributed by atoms with Crippen LogP contribution < -0.4 is 0 Å². The summed E-state index contributed by atoms with van der Waals surface area (Å²) in [5.41, 5.74) is 0. The summed E-state index contributed by atoms with van der Waals surface area (Å²) in [7, 11) is 0. The Morgan fingerprint density at radius 2 is 2.00 bits per heavy atom. The molecule has 0 radical (unpaired) electrons. The Morgan fingerprint density at radius 3 is 2.58 bits per heavy atom. The molecule has 62 valence electrons. The molecule has 0 bridgehead atoms. The van der Waals surface area contributed by atoms with E-state index in [1.165, 1.54) is 14.2 Å². The van der Waals surface area contributed by atoms with E-state index in [9.17, 15) is 4.79 Å². The number of hydrogen-bond donors (Lipinski definition) is 1. The van der Waals surface area contributed by atoms with Crippen LogP contribution in [-0.4, -0.2) is 11.1 Å². The molecule has 0 aliphatic rings. The zero-order valence-corrected chi connectivity index (χ0v) is 9.50. The van der Waals surface area contributed by atoms with Crippen molar-refractivity contribution in [3.8, 4) is 0 Å². The second kappa shape index (κ2) is 2.97. The zero-order valence-electron chi connectivity index (χ0n) is 5.70. The van der Waals surface area contributed by atoms with Gasteiger partial charge < -0.3 is 5.11 Å². The smallest absolute Gasteiger partial charge is 0.345 e. The maximum atomic E-state index is 10.6. The van der Waals surface area contributed by atoms with Gasteiger partial charge in [0.2, 0.25) is 0 Å². The van der Waals surface area contributed by atoms with Crippen molar-refractivity contribution in [3.05, 3.63) is 19.9 Å². The average Bonchev–Trinajstić information content (AvgIpc) is 2.42. The monoisotopic (exact) mass is 310 g/mol. The molecule has 2 heterocycles. The van der Waals surface area contributed by atoms with E-state index in [1.807, 2.05) is 6.07 Å². The van der Waals surface area contributed by atoms with Crippen molar-refractivity contribution in [2.75, 3.05) is 0 Å². The van der Waals surface area contributed by atoms with Gasteiger partial charge >= 0.3 is 5.97 Å². The first kappa shape index (κ1) is 8.46. The second-order valence-corrected chi connectivity index (χ2v) is 6.26. The summed E-state index contributed by atoms with van der Waals surface area (Å²) >= 11 is 5.19. The summed E-state index contributed by atoms with van der Waals surface area (Å²) in [5.74, 6) is -0.835. The predicted molar refractivity (Wildman–Crippen MR) is 59.4 cm³/mol. The average molecular weight is 310 g/mol. The maximum Gasteiger partial charge on any atom is 0.345 e. The highest BCUT2D eigenvalue weighted by Gasteiger charge is 2.09. The van der Waals surface area contributed by atoms with Crippen molar-refractivity contribution < 1.29 is 9.90 Å². The Hall–Kier alpha value is -0.140. The first-order chi connectivity index (χ1) is 5.66. The molecule has 2 aromatic heterocycles. The van der Waals surface area contributed by atoms with Gasteiger partial charge in [0.1, 0.15) is 4.88 Å². The summed E-state index contributed by atoms with van der Waals surface area (Å²) in [6.45, 7) is 0. The molecular weight excluding hydrogens is 307 g/mol. The fourth-order valence-corrected chi connectivity index (χ4v) is 4.11. The number of thiophene rings is 2. The fourth-order valence-electron chi connectivity index (χ4n) is 0.912. The minimum absolute atomic E-state index is 0.424. The van der Waals surface area contributed by atoms with Gasteiger partial charge in [-0.25, -0.2) is 4.79 Å². The molecule has 0 saturated heterocycles. The third kappa shape index (κ3) is 1.36. The highest BCUT2D eigenvalue weighted by molar-refractivity contribution is 14.1. The van der Waals surface area contributed by atoms with Gasteiger partial charge in [-0.3, -0.25) is 0 Å². The molecule has 0 aliphatic carbocycles. The molecule has 0 unspecified atom stereocenters. The molecule has 0 aromatic carbocycles. The Balaban J connectivity index is 2.64. The van der Waals surface area contributed by atoms with Gasteiger partial charge in [-0.05, 0) is 34.7 Å². The molecule has 0 amide bonds. The van der Waals surface area contributed by atoms with Crippen LogP contribution in [0, 0.1) is 2.88 Å². The van der Waals surface area contributed by atoms with Gasteiger partial charge in [-0.2, -0.15) is 0 Å². The number of halogens is 1. The third-order valence-corrected chi connectivity index (χ3v) is 4.43. The van der Waals surface area contributed by atoms with Gasteiger partial charge in [-0.15, -0.1) is 22.7 Å². The minimum atomic E-state index is -0.835. The maximum absolute atomic E-state index is 10.6. The quantitative estimate of drug-likeness (QED) is 0.821. The molecule has 1 N–H and O–H groups in total. The number of carboxylic acid groups (broad SMARTS) is 1. The van der Waals surface area contributed by atoms with E-state index in [0.717, 1.165) is 9.40 Å². The van der Waals surface area contributed by atoms with Crippen molar-refractivity contribution in [3.63, 3.8) is 0 Å². The number of carbonyl (C=O) groups is 1. The van der Waals surface area contributed by atoms with Gasteiger partial charge in [0, 0.05) is 9.40 Å². The highest BCUT2D eigenvalue weighted by atomic mass is 127. The van der Waals surface area contributed by atoms with Crippen LogP contribution in [0.2, 0.25) is 0 Å². The molecule has 2 nitrogen and oxygen atoms in total. The van der Waals surface area contributed by atoms with E-state index in [2.05, 4.69) is 22.6 Å². The molecule has 2 aromatic rings. The van der Waals surface area contributed by atoms with Gasteiger partial charge in [0.25, 0.3) is 0 Å². The molecular formula is C7H3IO2S2. The summed E-state index contributed by atoms with van der Waals surface area (Å²) in [4.78, 5) is 11.0. The number of hydrogen-bond acceptors (Lipinski definition) is 3. The highest BCUT2D eigenvalue weighted by Crippen LogP contribution is 2.33. The summed E-state index contributed by atoms with van der Waals surface area (Å²) in [6, 6.07) is 3.74. The largest absolute Gasteiger partial charge is 0.477 e. The molecule has 0 aliphatic heterocycles. The summed E-state index contributed by atoms with van der Waals surface area (Å²) < 4.78 is 3.34. The number of rotatable bonds is 1. The van der Waals surface area contributed by atoms with Crippen LogP contribution in [0.5, 0.6) is 0 Å². The van der Waals surface area contributed by atoms with Crippen molar-refractivity contribution in [1.29, 1.82) is 0 Å². The van der Waals surface area contributed by atoms with Crippen molar-refractivity contribution in [1.82, 2.24) is 0 Å². The van der Waals surface area contributed by atoms with Gasteiger partial charge in [0.15, 0.2) is 0 Å². The Morgan fingerprint density at radius 1 is 1.33 bits per heavy atom. The van der Waals surface area contributed by atoms with Crippen molar-refractivity contribution in [2.45, 2.75) is 0 Å². The summed E-state index contributed by atoms with van der Waals surface area (Å²) in [5, 5.41) is 8.69. The van der Waals surface area contributed by atoms with Crippen LogP contribution in [0.3, 0.4) is 0 Å². The first-order valence-electron chi connectivity index (χ1n) is 3.09. The third-order valence-electron chi connectivity index (χ3n) is 1.39. The molecule has 0 saturated carbocycles. The van der Waals surface area contributed by atoms with Crippen LogP contribution in [0.25, 0.3) is 9.40 Å². The topological polar surface area (TPSA) is 37.3 Å². The van der Waals surface area contributed by atoms with E-state index in [4.69, 9.17) is 5.11 Å². The van der Waals surface area contributed by atoms with Crippen LogP contribution in [-0.2, 0) is 0 Å². The Labute approximate surface area is 90.0 Å². The van der Waals surface area contributed by atoms with E-state index in [0.29, 0.717) is 4.88 Å². The number of carboxylic acids is 1. The second-order valence-electron chi connectivity index (χ2n) is 2.19. The van der Waals surface area contributed by atoms with E-state index in [1.54, 1.807) is 17.4 Å². The van der Waals surface area contributed by atoms with E-state index >= 15 is 0 Å². The number of aromatic carboxylic acids is 1. The summed E-state index contributed by atoms with van der Waals surface area (Å²) in [6.07, 6.45) is 0. The lowest BCUT2D eigenvalue weighted by atomic mass is 10.4. The number of fused-ring (bicyclic) bond motifs is 1. The van der Waals surface area contributed by atoms with Gasteiger partial charge in [-0.1, -0.05) is 0 Å².